The van der Waals surface area contributed by atoms with Gasteiger partial charge in [0, 0.05) is 24.0 Å². The number of nitrogens with zero attached hydrogens (tertiary/aromatic N) is 1. The van der Waals surface area contributed by atoms with E-state index in [2.05, 4.69) is 28.8 Å². The average Bonchev–Trinajstić information content (AvgIpc) is 2.92. The fourth-order valence-electron chi connectivity index (χ4n) is 4.51. The van der Waals surface area contributed by atoms with Gasteiger partial charge in [0.1, 0.15) is 17.9 Å². The van der Waals surface area contributed by atoms with Crippen molar-refractivity contribution in [3.05, 3.63) is 99.6 Å². The molecule has 0 aliphatic carbocycles. The van der Waals surface area contributed by atoms with Gasteiger partial charge in [-0.05, 0) is 81.1 Å². The van der Waals surface area contributed by atoms with E-state index in [1.165, 1.54) is 11.1 Å². The number of para-hydroxylation sites is 1. The Morgan fingerprint density at radius 3 is 2.87 bits per heavy atom. The number of benzene rings is 2. The maximum Gasteiger partial charge on any atom is 0.345 e. The number of esters is 1. The van der Waals surface area contributed by atoms with Crippen molar-refractivity contribution in [2.45, 2.75) is 53.5 Å². The predicted molar refractivity (Wildman–Crippen MR) is 153 cm³/mol. The van der Waals surface area contributed by atoms with Crippen molar-refractivity contribution in [3.63, 3.8) is 0 Å². The standard InChI is InChI=1S/C31H36N4O4/c1-5-37-31(36)27(17-32)30-34-21(3)9-7-11-28(35-22(4)39-30)26-10-6-8-20(2)29(26)38-19-23-12-13-25-18-33-15-14-24(25)16-23/h6-13,16-17,22,32-34H,5,14-15,18-19H2,1-4H3/b11-7-,21-9+,30-27-,32-17?,35-28-. The van der Waals surface area contributed by atoms with E-state index >= 15 is 0 Å². The molecule has 0 bridgehead atoms. The first-order valence-electron chi connectivity index (χ1n) is 13.2. The highest BCUT2D eigenvalue weighted by Gasteiger charge is 2.20. The highest BCUT2D eigenvalue weighted by Crippen LogP contribution is 2.27. The molecule has 4 rings (SSSR count). The van der Waals surface area contributed by atoms with Crippen LogP contribution in [0.1, 0.15) is 48.6 Å². The van der Waals surface area contributed by atoms with Crippen LogP contribution in [0.4, 0.5) is 0 Å². The van der Waals surface area contributed by atoms with Crippen LogP contribution in [-0.2, 0) is 33.8 Å². The number of aryl methyl sites for hydroxylation is 1. The summed E-state index contributed by atoms with van der Waals surface area (Å²) in [6.45, 7) is 9.90. The second-order valence-corrected chi connectivity index (χ2v) is 9.44. The molecule has 0 spiro atoms. The van der Waals surface area contributed by atoms with Gasteiger partial charge in [0.05, 0.1) is 12.3 Å². The summed E-state index contributed by atoms with van der Waals surface area (Å²) >= 11 is 0. The van der Waals surface area contributed by atoms with Crippen molar-refractivity contribution in [2.75, 3.05) is 13.2 Å². The lowest BCUT2D eigenvalue weighted by Crippen LogP contribution is -2.25. The summed E-state index contributed by atoms with van der Waals surface area (Å²) in [5, 5.41) is 14.2. The van der Waals surface area contributed by atoms with Gasteiger partial charge in [-0.15, -0.1) is 0 Å². The Balaban J connectivity index is 1.65. The summed E-state index contributed by atoms with van der Waals surface area (Å²) in [6.07, 6.45) is 6.91. The smallest absolute Gasteiger partial charge is 0.345 e. The average molecular weight is 529 g/mol. The Bertz CT molecular complexity index is 1360. The molecule has 1 atom stereocenters. The minimum absolute atomic E-state index is 0.0156. The van der Waals surface area contributed by atoms with Gasteiger partial charge in [0.15, 0.2) is 6.23 Å². The van der Waals surface area contributed by atoms with Crippen molar-refractivity contribution in [3.8, 4) is 5.75 Å². The van der Waals surface area contributed by atoms with Crippen LogP contribution in [0.25, 0.3) is 0 Å². The predicted octanol–water partition coefficient (Wildman–Crippen LogP) is 4.86. The van der Waals surface area contributed by atoms with Gasteiger partial charge in [-0.1, -0.05) is 36.4 Å². The summed E-state index contributed by atoms with van der Waals surface area (Å²) in [7, 11) is 0. The van der Waals surface area contributed by atoms with Crippen molar-refractivity contribution in [1.82, 2.24) is 10.6 Å². The third-order valence-electron chi connectivity index (χ3n) is 6.43. The number of carbonyl (C=O) groups is 1. The topological polar surface area (TPSA) is 105 Å². The van der Waals surface area contributed by atoms with Gasteiger partial charge >= 0.3 is 5.97 Å². The molecule has 8 nitrogen and oxygen atoms in total. The van der Waals surface area contributed by atoms with Gasteiger partial charge in [-0.25, -0.2) is 9.79 Å². The monoisotopic (exact) mass is 528 g/mol. The molecule has 0 amide bonds. The molecule has 2 aromatic rings. The molecular weight excluding hydrogens is 492 g/mol. The zero-order valence-corrected chi connectivity index (χ0v) is 23.0. The van der Waals surface area contributed by atoms with Crippen LogP contribution < -0.4 is 15.4 Å². The third-order valence-corrected chi connectivity index (χ3v) is 6.43. The van der Waals surface area contributed by atoms with Gasteiger partial charge in [-0.2, -0.15) is 0 Å². The number of carbonyl (C=O) groups excluding carboxylic acids is 1. The lowest BCUT2D eigenvalue weighted by atomic mass is 9.98. The molecule has 0 aromatic heterocycles. The second-order valence-electron chi connectivity index (χ2n) is 9.44. The number of nitrogens with one attached hydrogen (secondary N) is 3. The Labute approximate surface area is 230 Å². The number of hydrogen-bond acceptors (Lipinski definition) is 8. The van der Waals surface area contributed by atoms with Gasteiger partial charge in [0.2, 0.25) is 5.88 Å². The molecule has 0 fully saturated rings. The minimum Gasteiger partial charge on any atom is -0.488 e. The number of rotatable bonds is 7. The molecule has 0 saturated heterocycles. The van der Waals surface area contributed by atoms with Crippen LogP contribution in [-0.4, -0.2) is 37.3 Å². The molecule has 204 valence electrons. The molecule has 2 aliphatic heterocycles. The number of fused-ring (bicyclic) bond motifs is 1. The molecule has 2 aliphatic rings. The van der Waals surface area contributed by atoms with E-state index in [9.17, 15) is 4.79 Å². The molecular formula is C31H36N4O4. The van der Waals surface area contributed by atoms with E-state index in [1.807, 2.05) is 50.3 Å². The fourth-order valence-corrected chi connectivity index (χ4v) is 4.51. The summed E-state index contributed by atoms with van der Waals surface area (Å²) in [6, 6.07) is 12.5. The Hall–Kier alpha value is -4.17. The van der Waals surface area contributed by atoms with Crippen LogP contribution in [0.5, 0.6) is 5.75 Å². The second kappa shape index (κ2) is 13.1. The van der Waals surface area contributed by atoms with E-state index in [0.717, 1.165) is 53.9 Å². The lowest BCUT2D eigenvalue weighted by molar-refractivity contribution is -0.138. The van der Waals surface area contributed by atoms with Crippen LogP contribution in [0, 0.1) is 12.3 Å². The number of allylic oxidation sites excluding steroid dienone is 4. The van der Waals surface area contributed by atoms with E-state index < -0.39 is 12.2 Å². The lowest BCUT2D eigenvalue weighted by Gasteiger charge is -2.21. The summed E-state index contributed by atoms with van der Waals surface area (Å²) < 4.78 is 17.6. The van der Waals surface area contributed by atoms with E-state index in [-0.39, 0.29) is 18.1 Å². The Morgan fingerprint density at radius 2 is 2.08 bits per heavy atom. The molecule has 39 heavy (non-hydrogen) atoms. The van der Waals surface area contributed by atoms with Crippen LogP contribution >= 0.6 is 0 Å². The maximum atomic E-state index is 12.4. The Morgan fingerprint density at radius 1 is 1.23 bits per heavy atom. The molecule has 0 radical (unpaired) electrons. The maximum absolute atomic E-state index is 12.4. The Kier molecular flexibility index (Phi) is 9.33. The third kappa shape index (κ3) is 7.03. The van der Waals surface area contributed by atoms with Gasteiger partial charge < -0.3 is 30.3 Å². The molecule has 8 heteroatoms. The molecule has 2 heterocycles. The molecule has 0 saturated carbocycles. The van der Waals surface area contributed by atoms with Crippen molar-refractivity contribution < 1.29 is 19.0 Å². The largest absolute Gasteiger partial charge is 0.488 e. The van der Waals surface area contributed by atoms with E-state index in [4.69, 9.17) is 24.6 Å². The zero-order chi connectivity index (χ0) is 27.8. The summed E-state index contributed by atoms with van der Waals surface area (Å²) in [5.41, 5.74) is 7.07. The normalized spacial score (nSPS) is 21.9. The molecule has 1 unspecified atom stereocenters. The van der Waals surface area contributed by atoms with E-state index in [1.54, 1.807) is 13.8 Å². The highest BCUT2D eigenvalue weighted by molar-refractivity contribution is 6.11. The van der Waals surface area contributed by atoms with Gasteiger partial charge in [0.25, 0.3) is 0 Å². The van der Waals surface area contributed by atoms with Crippen LogP contribution in [0.3, 0.4) is 0 Å². The van der Waals surface area contributed by atoms with Crippen LogP contribution in [0.2, 0.25) is 0 Å². The zero-order valence-electron chi connectivity index (χ0n) is 23.0. The van der Waals surface area contributed by atoms with Gasteiger partial charge in [-0.3, -0.25) is 0 Å². The fraction of sp³-hybridized carbons (Fsp3) is 0.323. The summed E-state index contributed by atoms with van der Waals surface area (Å²) in [4.78, 5) is 17.2. The van der Waals surface area contributed by atoms with Crippen molar-refractivity contribution in [1.29, 1.82) is 5.41 Å². The molecule has 2 aromatic carbocycles. The minimum atomic E-state index is -0.676. The summed E-state index contributed by atoms with van der Waals surface area (Å²) in [5.74, 6) is 0.233. The van der Waals surface area contributed by atoms with Crippen molar-refractivity contribution in [2.24, 2.45) is 4.99 Å². The first-order chi connectivity index (χ1) is 18.9. The van der Waals surface area contributed by atoms with Crippen molar-refractivity contribution >= 4 is 17.9 Å². The first-order valence-corrected chi connectivity index (χ1v) is 13.2. The first kappa shape index (κ1) is 27.9. The quantitative estimate of drug-likeness (QED) is 0.269. The highest BCUT2D eigenvalue weighted by atomic mass is 16.5. The number of hydrogen-bond donors (Lipinski definition) is 3. The number of aliphatic imine (C=N–C) groups is 1. The molecule has 3 N–H and O–H groups in total. The van der Waals surface area contributed by atoms with E-state index in [0.29, 0.717) is 12.3 Å². The number of ether oxygens (including phenoxy) is 3. The van der Waals surface area contributed by atoms with Crippen LogP contribution in [0.15, 0.2) is 76.8 Å². The SMILES string of the molecule is CCOC(=O)/C(C=N)=C1/N/C(C)=C/C=C\C(c2cccc(C)c2OCc2ccc3c(c2)CCNC3)=N\C(C)O1.